The van der Waals surface area contributed by atoms with Crippen LogP contribution in [-0.2, 0) is 12.0 Å². The fraction of sp³-hybridized carbons (Fsp3) is 0.526. The second-order valence-electron chi connectivity index (χ2n) is 7.23. The summed E-state index contributed by atoms with van der Waals surface area (Å²) in [4.78, 5) is 12.7. The fourth-order valence-corrected chi connectivity index (χ4v) is 3.73. The van der Waals surface area contributed by atoms with E-state index in [1.54, 1.807) is 5.56 Å². The van der Waals surface area contributed by atoms with Crippen LogP contribution in [0, 0.1) is 6.92 Å². The number of hydrogen-bond acceptors (Lipinski definition) is 3. The lowest BCUT2D eigenvalue weighted by Crippen LogP contribution is -2.48. The van der Waals surface area contributed by atoms with Crippen LogP contribution >= 0.6 is 0 Å². The van der Waals surface area contributed by atoms with E-state index in [1.165, 1.54) is 38.0 Å². The minimum Gasteiger partial charge on any atom is -0.348 e. The Morgan fingerprint density at radius 3 is 2.35 bits per heavy atom. The first-order valence-corrected chi connectivity index (χ1v) is 8.74. The van der Waals surface area contributed by atoms with Gasteiger partial charge in [-0.1, -0.05) is 29.8 Å². The highest BCUT2D eigenvalue weighted by Gasteiger charge is 2.45. The molecule has 0 amide bonds. The number of aryl methyl sites for hydroxylation is 1. The zero-order chi connectivity index (χ0) is 15.7. The first-order chi connectivity index (χ1) is 11.2. The molecular formula is C19H26N4. The molecule has 4 heteroatoms. The van der Waals surface area contributed by atoms with Crippen LogP contribution in [0.5, 0.6) is 0 Å². The summed E-state index contributed by atoms with van der Waals surface area (Å²) >= 11 is 0. The summed E-state index contributed by atoms with van der Waals surface area (Å²) in [6.45, 7) is 8.98. The van der Waals surface area contributed by atoms with E-state index in [1.807, 2.05) is 12.4 Å². The van der Waals surface area contributed by atoms with Gasteiger partial charge in [-0.25, -0.2) is 4.98 Å². The van der Waals surface area contributed by atoms with Crippen LogP contribution in [0.2, 0.25) is 0 Å². The SMILES string of the molecule is Cc1ccc(C2(CN3CCN(Cc4ncc[nH]4)CC3)CC2)cc1. The van der Waals surface area contributed by atoms with Crippen molar-refractivity contribution in [2.24, 2.45) is 0 Å². The van der Waals surface area contributed by atoms with Crippen molar-refractivity contribution in [3.8, 4) is 0 Å². The van der Waals surface area contributed by atoms with Gasteiger partial charge in [-0.2, -0.15) is 0 Å². The Bertz CT molecular complexity index is 620. The van der Waals surface area contributed by atoms with Crippen LogP contribution in [0.1, 0.15) is 29.8 Å². The Morgan fingerprint density at radius 1 is 1.04 bits per heavy atom. The third-order valence-corrected chi connectivity index (χ3v) is 5.44. The van der Waals surface area contributed by atoms with E-state index in [0.717, 1.165) is 25.5 Å². The monoisotopic (exact) mass is 310 g/mol. The number of nitrogens with zero attached hydrogens (tertiary/aromatic N) is 3. The Kier molecular flexibility index (Phi) is 3.95. The molecule has 0 bridgehead atoms. The highest BCUT2D eigenvalue weighted by Crippen LogP contribution is 2.48. The van der Waals surface area contributed by atoms with E-state index >= 15 is 0 Å². The van der Waals surface area contributed by atoms with Crippen LogP contribution in [0.3, 0.4) is 0 Å². The minimum atomic E-state index is 0.441. The molecule has 0 atom stereocenters. The standard InChI is InChI=1S/C19H26N4/c1-16-2-4-17(5-3-16)19(6-7-19)15-23-12-10-22(11-13-23)14-18-20-8-9-21-18/h2-5,8-9H,6-7,10-15H2,1H3,(H,20,21). The van der Waals surface area contributed by atoms with E-state index in [-0.39, 0.29) is 0 Å². The molecule has 2 aromatic rings. The molecular weight excluding hydrogens is 284 g/mol. The Hall–Kier alpha value is -1.65. The molecule has 1 N–H and O–H groups in total. The maximum absolute atomic E-state index is 4.33. The molecule has 2 fully saturated rings. The van der Waals surface area contributed by atoms with E-state index < -0.39 is 0 Å². The van der Waals surface area contributed by atoms with Crippen LogP contribution in [0.25, 0.3) is 0 Å². The van der Waals surface area contributed by atoms with Gasteiger partial charge in [0.15, 0.2) is 0 Å². The van der Waals surface area contributed by atoms with Crippen LogP contribution in [0.4, 0.5) is 0 Å². The summed E-state index contributed by atoms with van der Waals surface area (Å²) in [6, 6.07) is 9.21. The zero-order valence-electron chi connectivity index (χ0n) is 14.0. The molecule has 1 saturated heterocycles. The van der Waals surface area contributed by atoms with Gasteiger partial charge in [-0.15, -0.1) is 0 Å². The molecule has 122 valence electrons. The van der Waals surface area contributed by atoms with Gasteiger partial charge >= 0.3 is 0 Å². The van der Waals surface area contributed by atoms with Crippen molar-refractivity contribution in [3.63, 3.8) is 0 Å². The summed E-state index contributed by atoms with van der Waals surface area (Å²) in [6.07, 6.45) is 6.44. The molecule has 0 unspecified atom stereocenters. The highest BCUT2D eigenvalue weighted by atomic mass is 15.3. The van der Waals surface area contributed by atoms with Crippen molar-refractivity contribution in [1.82, 2.24) is 19.8 Å². The normalized spacial score (nSPS) is 21.4. The molecule has 2 heterocycles. The molecule has 1 aromatic carbocycles. The lowest BCUT2D eigenvalue weighted by Gasteiger charge is -2.36. The number of aromatic nitrogens is 2. The van der Waals surface area contributed by atoms with Gasteiger partial charge in [-0.05, 0) is 25.3 Å². The molecule has 4 nitrogen and oxygen atoms in total. The van der Waals surface area contributed by atoms with Crippen LogP contribution < -0.4 is 0 Å². The van der Waals surface area contributed by atoms with Crippen molar-refractivity contribution in [3.05, 3.63) is 53.6 Å². The fourth-order valence-electron chi connectivity index (χ4n) is 3.73. The molecule has 1 aliphatic heterocycles. The number of nitrogens with one attached hydrogen (secondary N) is 1. The molecule has 1 aliphatic carbocycles. The average Bonchev–Trinajstić information content (AvgIpc) is 3.16. The van der Waals surface area contributed by atoms with Gasteiger partial charge in [0.1, 0.15) is 5.82 Å². The second kappa shape index (κ2) is 6.10. The smallest absolute Gasteiger partial charge is 0.120 e. The maximum atomic E-state index is 4.33. The lowest BCUT2D eigenvalue weighted by molar-refractivity contribution is 0.117. The van der Waals surface area contributed by atoms with Gasteiger partial charge < -0.3 is 4.98 Å². The number of benzene rings is 1. The predicted octanol–water partition coefficient (Wildman–Crippen LogP) is 2.57. The van der Waals surface area contributed by atoms with Crippen molar-refractivity contribution >= 4 is 0 Å². The summed E-state index contributed by atoms with van der Waals surface area (Å²) < 4.78 is 0. The van der Waals surface area contributed by atoms with Gasteiger partial charge in [0.05, 0.1) is 6.54 Å². The summed E-state index contributed by atoms with van der Waals surface area (Å²) in [5.74, 6) is 1.08. The van der Waals surface area contributed by atoms with Gasteiger partial charge in [0.25, 0.3) is 0 Å². The molecule has 1 aromatic heterocycles. The number of imidazole rings is 1. The predicted molar refractivity (Wildman–Crippen MR) is 92.4 cm³/mol. The van der Waals surface area contributed by atoms with Gasteiger partial charge in [0, 0.05) is 50.5 Å². The van der Waals surface area contributed by atoms with Gasteiger partial charge in [0.2, 0.25) is 0 Å². The largest absolute Gasteiger partial charge is 0.348 e. The van der Waals surface area contributed by atoms with Crippen molar-refractivity contribution in [2.75, 3.05) is 32.7 Å². The lowest BCUT2D eigenvalue weighted by atomic mass is 9.94. The van der Waals surface area contributed by atoms with E-state index in [4.69, 9.17) is 0 Å². The quantitative estimate of drug-likeness (QED) is 0.922. The van der Waals surface area contributed by atoms with E-state index in [9.17, 15) is 0 Å². The third kappa shape index (κ3) is 3.33. The zero-order valence-corrected chi connectivity index (χ0v) is 14.0. The summed E-state index contributed by atoms with van der Waals surface area (Å²) in [5, 5.41) is 0. The van der Waals surface area contributed by atoms with E-state index in [2.05, 4.69) is 51.0 Å². The molecule has 0 radical (unpaired) electrons. The first kappa shape index (κ1) is 14.9. The van der Waals surface area contributed by atoms with Crippen LogP contribution in [0.15, 0.2) is 36.7 Å². The van der Waals surface area contributed by atoms with E-state index in [0.29, 0.717) is 5.41 Å². The van der Waals surface area contributed by atoms with Crippen LogP contribution in [-0.4, -0.2) is 52.5 Å². The molecule has 4 rings (SSSR count). The average molecular weight is 310 g/mol. The van der Waals surface area contributed by atoms with Crippen molar-refractivity contribution in [2.45, 2.75) is 31.7 Å². The Balaban J connectivity index is 1.32. The maximum Gasteiger partial charge on any atom is 0.120 e. The van der Waals surface area contributed by atoms with Crippen molar-refractivity contribution < 1.29 is 0 Å². The highest BCUT2D eigenvalue weighted by molar-refractivity contribution is 5.34. The molecule has 2 aliphatic rings. The Labute approximate surface area is 138 Å². The minimum absolute atomic E-state index is 0.441. The molecule has 0 spiro atoms. The number of piperazine rings is 1. The summed E-state index contributed by atoms with van der Waals surface area (Å²) in [7, 11) is 0. The number of hydrogen-bond donors (Lipinski definition) is 1. The molecule has 1 saturated carbocycles. The number of rotatable bonds is 5. The van der Waals surface area contributed by atoms with Crippen molar-refractivity contribution in [1.29, 1.82) is 0 Å². The second-order valence-corrected chi connectivity index (χ2v) is 7.23. The Morgan fingerprint density at radius 2 is 1.74 bits per heavy atom. The number of H-pyrrole nitrogens is 1. The molecule has 23 heavy (non-hydrogen) atoms. The summed E-state index contributed by atoms with van der Waals surface area (Å²) in [5.41, 5.74) is 3.34. The number of aromatic amines is 1. The first-order valence-electron chi connectivity index (χ1n) is 8.74. The topological polar surface area (TPSA) is 35.2 Å². The van der Waals surface area contributed by atoms with Gasteiger partial charge in [-0.3, -0.25) is 9.80 Å². The third-order valence-electron chi connectivity index (χ3n) is 5.44.